The Bertz CT molecular complexity index is 1180. The molecule has 4 atom stereocenters. The van der Waals surface area contributed by atoms with Gasteiger partial charge < -0.3 is 25.3 Å². The van der Waals surface area contributed by atoms with Crippen LogP contribution in [-0.2, 0) is 16.0 Å². The highest BCUT2D eigenvalue weighted by Gasteiger charge is 2.45. The molecular weight excluding hydrogens is 527 g/mol. The van der Waals surface area contributed by atoms with E-state index in [0.29, 0.717) is 13.1 Å². The van der Waals surface area contributed by atoms with Gasteiger partial charge in [-0.2, -0.15) is 5.26 Å². The van der Waals surface area contributed by atoms with E-state index in [1.165, 1.54) is 29.5 Å². The second-order valence-electron chi connectivity index (χ2n) is 10.5. The van der Waals surface area contributed by atoms with Crippen LogP contribution in [-0.4, -0.2) is 90.0 Å². The molecule has 2 aliphatic rings. The Labute approximate surface area is 240 Å². The highest BCUT2D eigenvalue weighted by atomic mass is 32.2. The lowest BCUT2D eigenvalue weighted by atomic mass is 10.1. The molecule has 2 aromatic carbocycles. The van der Waals surface area contributed by atoms with Crippen LogP contribution < -0.4 is 10.6 Å². The van der Waals surface area contributed by atoms with E-state index in [1.54, 1.807) is 24.0 Å². The molecule has 0 aromatic heterocycles. The number of halogens is 1. The first-order valence-electron chi connectivity index (χ1n) is 13.9. The minimum atomic E-state index is -1.03. The highest BCUT2D eigenvalue weighted by molar-refractivity contribution is 8.01. The number of carbonyl (C=O) groups is 2. The molecule has 0 spiro atoms. The number of anilines is 1. The lowest BCUT2D eigenvalue weighted by Crippen LogP contribution is -2.45. The number of nitriles is 1. The molecule has 2 aliphatic heterocycles. The summed E-state index contributed by atoms with van der Waals surface area (Å²) in [6, 6.07) is 15.9. The zero-order chi connectivity index (χ0) is 28.6. The maximum absolute atomic E-state index is 13.3. The number of nitrogens with one attached hydrogen (secondary N) is 2. The predicted molar refractivity (Wildman–Crippen MR) is 157 cm³/mol. The molecule has 2 fully saturated rings. The lowest BCUT2D eigenvalue weighted by molar-refractivity contribution is -0.131. The summed E-state index contributed by atoms with van der Waals surface area (Å²) in [7, 11) is 2.16. The second kappa shape index (κ2) is 14.0. The van der Waals surface area contributed by atoms with Gasteiger partial charge in [0.15, 0.2) is 5.92 Å². The smallest absolute Gasteiger partial charge is 0.240 e. The van der Waals surface area contributed by atoms with Crippen molar-refractivity contribution in [3.63, 3.8) is 0 Å². The summed E-state index contributed by atoms with van der Waals surface area (Å²) >= 11 is 1.36. The SMILES string of the molecule is CCN1C(=O)C(CNc2ccc(CCN3CCN(C)CC3)cc2)S[C@H]1[C@H](C#N)C(=O)NC(C)c1ccc(F)cc1. The van der Waals surface area contributed by atoms with Crippen molar-refractivity contribution < 1.29 is 14.0 Å². The minimum absolute atomic E-state index is 0.0755. The first-order valence-corrected chi connectivity index (χ1v) is 14.9. The van der Waals surface area contributed by atoms with E-state index in [2.05, 4.69) is 45.7 Å². The first-order chi connectivity index (χ1) is 19.3. The van der Waals surface area contributed by atoms with Gasteiger partial charge >= 0.3 is 0 Å². The van der Waals surface area contributed by atoms with Crippen molar-refractivity contribution >= 4 is 29.3 Å². The molecule has 10 heteroatoms. The Morgan fingerprint density at radius 1 is 1.12 bits per heavy atom. The molecule has 0 aliphatic carbocycles. The molecule has 0 bridgehead atoms. The summed E-state index contributed by atoms with van der Waals surface area (Å²) in [5.74, 6) is -1.90. The number of benzene rings is 2. The van der Waals surface area contributed by atoms with Gasteiger partial charge in [-0.15, -0.1) is 11.8 Å². The summed E-state index contributed by atoms with van der Waals surface area (Å²) in [5.41, 5.74) is 2.96. The fourth-order valence-corrected chi connectivity index (χ4v) is 6.60. The number of hydrogen-bond donors (Lipinski definition) is 2. The van der Waals surface area contributed by atoms with Crippen LogP contribution in [0.25, 0.3) is 0 Å². The van der Waals surface area contributed by atoms with Crippen LogP contribution in [0.5, 0.6) is 0 Å². The van der Waals surface area contributed by atoms with E-state index in [9.17, 15) is 19.2 Å². The Balaban J connectivity index is 1.30. The molecule has 2 heterocycles. The van der Waals surface area contributed by atoms with Gasteiger partial charge in [-0.1, -0.05) is 24.3 Å². The Kier molecular flexibility index (Phi) is 10.4. The number of amides is 2. The van der Waals surface area contributed by atoms with Gasteiger partial charge in [0, 0.05) is 51.5 Å². The molecule has 0 saturated carbocycles. The van der Waals surface area contributed by atoms with Crippen molar-refractivity contribution in [2.45, 2.75) is 36.9 Å². The molecule has 2 amide bonds. The Morgan fingerprint density at radius 2 is 1.80 bits per heavy atom. The maximum Gasteiger partial charge on any atom is 0.240 e. The number of carbonyl (C=O) groups excluding carboxylic acids is 2. The summed E-state index contributed by atoms with van der Waals surface area (Å²) in [5, 5.41) is 15.1. The van der Waals surface area contributed by atoms with E-state index in [-0.39, 0.29) is 11.7 Å². The number of thioether (sulfide) groups is 1. The van der Waals surface area contributed by atoms with Crippen LogP contribution in [0.1, 0.15) is 31.0 Å². The number of hydrogen-bond acceptors (Lipinski definition) is 7. The molecule has 8 nitrogen and oxygen atoms in total. The number of piperazine rings is 1. The summed E-state index contributed by atoms with van der Waals surface area (Å²) in [6.45, 7) is 9.97. The van der Waals surface area contributed by atoms with E-state index < -0.39 is 28.5 Å². The summed E-state index contributed by atoms with van der Waals surface area (Å²) in [6.07, 6.45) is 1.01. The van der Waals surface area contributed by atoms with Gasteiger partial charge in [-0.3, -0.25) is 9.59 Å². The number of likely N-dealkylation sites (N-methyl/N-ethyl adjacent to an activating group) is 1. The van der Waals surface area contributed by atoms with Crippen LogP contribution in [0.2, 0.25) is 0 Å². The van der Waals surface area contributed by atoms with Crippen LogP contribution in [0.15, 0.2) is 48.5 Å². The number of nitrogens with zero attached hydrogens (tertiary/aromatic N) is 4. The van der Waals surface area contributed by atoms with Gasteiger partial charge in [0.1, 0.15) is 16.4 Å². The average molecular weight is 567 g/mol. The fraction of sp³-hybridized carbons (Fsp3) is 0.500. The monoisotopic (exact) mass is 566 g/mol. The lowest BCUT2D eigenvalue weighted by Gasteiger charge is -2.32. The van der Waals surface area contributed by atoms with E-state index in [4.69, 9.17) is 0 Å². The van der Waals surface area contributed by atoms with E-state index in [0.717, 1.165) is 50.4 Å². The van der Waals surface area contributed by atoms with E-state index >= 15 is 0 Å². The van der Waals surface area contributed by atoms with Crippen molar-refractivity contribution in [1.82, 2.24) is 20.0 Å². The van der Waals surface area contributed by atoms with Crippen LogP contribution in [0.4, 0.5) is 10.1 Å². The molecule has 2 N–H and O–H groups in total. The normalized spacial score (nSPS) is 21.6. The molecule has 4 rings (SSSR count). The quantitative estimate of drug-likeness (QED) is 0.431. The van der Waals surface area contributed by atoms with Gasteiger partial charge in [-0.25, -0.2) is 4.39 Å². The molecule has 40 heavy (non-hydrogen) atoms. The third-order valence-corrected chi connectivity index (χ3v) is 9.21. The standard InChI is InChI=1S/C30H39FN6O2S/c1-4-37-29(39)27(20-33-25-11-5-22(6-12-25)13-14-36-17-15-35(3)16-18-36)40-30(37)26(19-32)28(38)34-21(2)23-7-9-24(31)10-8-23/h5-12,21,26-27,30,33H,4,13-18,20H2,1-3H3,(H,34,38)/t21?,26-,27?,30+/m1/s1. The van der Waals surface area contributed by atoms with Gasteiger partial charge in [0.05, 0.1) is 12.1 Å². The highest BCUT2D eigenvalue weighted by Crippen LogP contribution is 2.36. The largest absolute Gasteiger partial charge is 0.383 e. The Morgan fingerprint density at radius 3 is 2.42 bits per heavy atom. The first kappa shape index (κ1) is 29.8. The second-order valence-corrected chi connectivity index (χ2v) is 11.8. The molecule has 0 radical (unpaired) electrons. The molecule has 214 valence electrons. The minimum Gasteiger partial charge on any atom is -0.383 e. The summed E-state index contributed by atoms with van der Waals surface area (Å²) in [4.78, 5) is 32.7. The molecule has 2 saturated heterocycles. The maximum atomic E-state index is 13.3. The van der Waals surface area contributed by atoms with Gasteiger partial charge in [0.2, 0.25) is 11.8 Å². The molecular formula is C30H39FN6O2S. The third-order valence-electron chi connectivity index (χ3n) is 7.70. The van der Waals surface area contributed by atoms with Crippen LogP contribution in [0, 0.1) is 23.1 Å². The zero-order valence-corrected chi connectivity index (χ0v) is 24.3. The number of rotatable bonds is 11. The predicted octanol–water partition coefficient (Wildman–Crippen LogP) is 3.33. The van der Waals surface area contributed by atoms with Crippen molar-refractivity contribution in [2.24, 2.45) is 5.92 Å². The fourth-order valence-electron chi connectivity index (χ4n) is 5.09. The molecule has 2 unspecified atom stereocenters. The molecule has 2 aromatic rings. The third kappa shape index (κ3) is 7.53. The average Bonchev–Trinajstić information content (AvgIpc) is 3.27. The topological polar surface area (TPSA) is 91.7 Å². The zero-order valence-electron chi connectivity index (χ0n) is 23.5. The Hall–Kier alpha value is -3.13. The van der Waals surface area contributed by atoms with Crippen LogP contribution in [0.3, 0.4) is 0 Å². The van der Waals surface area contributed by atoms with Gasteiger partial charge in [-0.05, 0) is 62.7 Å². The van der Waals surface area contributed by atoms with Crippen molar-refractivity contribution in [1.29, 1.82) is 5.26 Å². The summed E-state index contributed by atoms with van der Waals surface area (Å²) < 4.78 is 13.3. The van der Waals surface area contributed by atoms with E-state index in [1.807, 2.05) is 19.1 Å². The van der Waals surface area contributed by atoms with Crippen molar-refractivity contribution in [2.75, 3.05) is 58.2 Å². The van der Waals surface area contributed by atoms with Gasteiger partial charge in [0.25, 0.3) is 0 Å². The van der Waals surface area contributed by atoms with Crippen LogP contribution >= 0.6 is 11.8 Å². The van der Waals surface area contributed by atoms with Crippen molar-refractivity contribution in [3.05, 3.63) is 65.5 Å². The van der Waals surface area contributed by atoms with Crippen molar-refractivity contribution in [3.8, 4) is 6.07 Å².